The lowest BCUT2D eigenvalue weighted by atomic mass is 9.82. The molecule has 3 amide bonds. The number of benzene rings is 2. The van der Waals surface area contributed by atoms with Crippen molar-refractivity contribution in [3.05, 3.63) is 107 Å². The Morgan fingerprint density at radius 2 is 1.80 bits per heavy atom. The van der Waals surface area contributed by atoms with Crippen molar-refractivity contribution in [2.24, 2.45) is 21.5 Å². The molecule has 2 aromatic carbocycles. The molecule has 0 bridgehead atoms. The Hall–Kier alpha value is -5.95. The molecule has 2 fully saturated rings. The molecule has 4 heterocycles. The van der Waals surface area contributed by atoms with Crippen molar-refractivity contribution in [2.75, 3.05) is 25.0 Å². The predicted octanol–water partition coefficient (Wildman–Crippen LogP) is 6.93. The van der Waals surface area contributed by atoms with Crippen molar-refractivity contribution < 1.29 is 19.6 Å². The first-order chi connectivity index (χ1) is 28.2. The zero-order valence-corrected chi connectivity index (χ0v) is 34.8. The summed E-state index contributed by atoms with van der Waals surface area (Å²) in [5, 5.41) is 25.7. The van der Waals surface area contributed by atoms with Crippen LogP contribution in [0.25, 0.3) is 16.8 Å². The number of aliphatic imine (C=N–C) groups is 1. The fraction of sp³-hybridized carbons (Fsp3) is 0.413. The van der Waals surface area contributed by atoms with Gasteiger partial charge in [0.2, 0.25) is 11.8 Å². The fourth-order valence-electron chi connectivity index (χ4n) is 8.00. The van der Waals surface area contributed by atoms with Crippen LogP contribution in [0.3, 0.4) is 0 Å². The van der Waals surface area contributed by atoms with Crippen LogP contribution in [0, 0.1) is 18.3 Å². The second-order valence-electron chi connectivity index (χ2n) is 17.2. The number of hydrogen-bond acceptors (Lipinski definition) is 9. The summed E-state index contributed by atoms with van der Waals surface area (Å²) in [6, 6.07) is 16.3. The molecule has 308 valence electrons. The number of hydrogen-bond donors (Lipinski definition) is 4. The van der Waals surface area contributed by atoms with Crippen molar-refractivity contribution >= 4 is 40.5 Å². The summed E-state index contributed by atoms with van der Waals surface area (Å²) in [5.41, 5.74) is 9.79. The smallest absolute Gasteiger partial charge is 0.292 e. The molecule has 3 aliphatic rings. The molecule has 1 aliphatic carbocycles. The van der Waals surface area contributed by atoms with Crippen LogP contribution in [-0.2, 0) is 20.9 Å². The number of amidine groups is 1. The average Bonchev–Trinajstić information content (AvgIpc) is 3.66. The first-order valence-electron chi connectivity index (χ1n) is 20.6. The molecule has 2 aliphatic heterocycles. The minimum atomic E-state index is -0.548. The minimum Gasteiger partial charge on any atom is -0.409 e. The number of piperidine rings is 2. The van der Waals surface area contributed by atoms with E-state index in [4.69, 9.17) is 4.98 Å². The lowest BCUT2D eigenvalue weighted by Gasteiger charge is -2.33. The van der Waals surface area contributed by atoms with Crippen molar-refractivity contribution in [3.8, 4) is 11.3 Å². The average molecular weight is 798 g/mol. The van der Waals surface area contributed by atoms with E-state index in [0.29, 0.717) is 30.4 Å². The number of carbonyl (C=O) groups excluding carboxylic acids is 3. The van der Waals surface area contributed by atoms with Gasteiger partial charge in [-0.15, -0.1) is 0 Å². The summed E-state index contributed by atoms with van der Waals surface area (Å²) < 4.78 is 1.91. The van der Waals surface area contributed by atoms with Crippen LogP contribution >= 0.6 is 0 Å². The Balaban J connectivity index is 0.970. The number of likely N-dealkylation sites (tertiary alicyclic amines) is 1. The molecular weight excluding hydrogens is 743 g/mol. The monoisotopic (exact) mass is 797 g/mol. The number of anilines is 1. The van der Waals surface area contributed by atoms with Crippen molar-refractivity contribution in [1.29, 1.82) is 0 Å². The Kier molecular flexibility index (Phi) is 12.2. The Labute approximate surface area is 345 Å². The highest BCUT2D eigenvalue weighted by atomic mass is 16.4. The summed E-state index contributed by atoms with van der Waals surface area (Å²) in [7, 11) is 0. The maximum Gasteiger partial charge on any atom is 0.292 e. The van der Waals surface area contributed by atoms with Gasteiger partial charge in [0.05, 0.1) is 11.2 Å². The van der Waals surface area contributed by atoms with Crippen LogP contribution in [0.4, 0.5) is 5.69 Å². The van der Waals surface area contributed by atoms with E-state index in [9.17, 15) is 19.6 Å². The third-order valence-corrected chi connectivity index (χ3v) is 12.1. The van der Waals surface area contributed by atoms with E-state index in [0.717, 1.165) is 66.1 Å². The molecule has 0 radical (unpaired) electrons. The van der Waals surface area contributed by atoms with Crippen molar-refractivity contribution in [3.63, 3.8) is 0 Å². The summed E-state index contributed by atoms with van der Waals surface area (Å²) in [4.78, 5) is 48.0. The van der Waals surface area contributed by atoms with Crippen molar-refractivity contribution in [2.45, 2.75) is 91.6 Å². The molecule has 59 heavy (non-hydrogen) atoms. The molecule has 3 atom stereocenters. The molecule has 4 N–H and O–H groups in total. The maximum atomic E-state index is 12.8. The summed E-state index contributed by atoms with van der Waals surface area (Å²) in [6.07, 6.45) is 13.8. The number of aryl methyl sites for hydroxylation is 1. The van der Waals surface area contributed by atoms with Gasteiger partial charge >= 0.3 is 0 Å². The van der Waals surface area contributed by atoms with Gasteiger partial charge in [-0.05, 0) is 110 Å². The number of fused-ring (bicyclic) bond motifs is 1. The zero-order chi connectivity index (χ0) is 41.8. The zero-order valence-electron chi connectivity index (χ0n) is 34.8. The number of aromatic nitrogens is 3. The quantitative estimate of drug-likeness (QED) is 0.0466. The Morgan fingerprint density at radius 3 is 2.49 bits per heavy atom. The van der Waals surface area contributed by atoms with Crippen LogP contribution in [0.15, 0.2) is 95.0 Å². The van der Waals surface area contributed by atoms with Gasteiger partial charge in [0.15, 0.2) is 0 Å². The number of carbonyl (C=O) groups is 3. The van der Waals surface area contributed by atoms with E-state index in [1.807, 2.05) is 63.4 Å². The van der Waals surface area contributed by atoms with Crippen LogP contribution in [-0.4, -0.2) is 79.7 Å². The van der Waals surface area contributed by atoms with E-state index < -0.39 is 5.91 Å². The normalized spacial score (nSPS) is 21.1. The van der Waals surface area contributed by atoms with Gasteiger partial charge in [0, 0.05) is 54.0 Å². The first kappa shape index (κ1) is 41.2. The minimum absolute atomic E-state index is 0.200. The van der Waals surface area contributed by atoms with Gasteiger partial charge in [-0.1, -0.05) is 75.3 Å². The molecule has 4 aromatic rings. The van der Waals surface area contributed by atoms with E-state index in [2.05, 4.69) is 91.7 Å². The fourth-order valence-corrected chi connectivity index (χ4v) is 8.00. The Bertz CT molecular complexity index is 2340. The summed E-state index contributed by atoms with van der Waals surface area (Å²) in [5.74, 6) is -0.269. The van der Waals surface area contributed by atoms with Gasteiger partial charge in [-0.2, -0.15) is 5.10 Å². The van der Waals surface area contributed by atoms with Crippen LogP contribution in [0.5, 0.6) is 0 Å². The highest BCUT2D eigenvalue weighted by Gasteiger charge is 2.28. The highest BCUT2D eigenvalue weighted by molar-refractivity contribution is 6.39. The van der Waals surface area contributed by atoms with Gasteiger partial charge in [0.1, 0.15) is 12.4 Å². The molecular formula is C46H55N9O4. The third-order valence-electron chi connectivity index (χ3n) is 12.1. The molecule has 7 rings (SSSR count). The first-order valence-corrected chi connectivity index (χ1v) is 20.6. The molecule has 2 aromatic heterocycles. The number of allylic oxidation sites excluding steroid dienone is 2. The highest BCUT2D eigenvalue weighted by Crippen LogP contribution is 2.36. The van der Waals surface area contributed by atoms with Crippen LogP contribution < -0.4 is 16.0 Å². The third kappa shape index (κ3) is 9.68. The van der Waals surface area contributed by atoms with Gasteiger partial charge in [-0.3, -0.25) is 24.6 Å². The molecule has 0 spiro atoms. The molecule has 13 nitrogen and oxygen atoms in total. The number of nitrogens with one attached hydrogen (secondary N) is 3. The number of imide groups is 1. The number of oxime groups is 1. The SMILES string of the molecule is CC(=N/C(=N\O)C(=O)NCc1ccc(-c2ncnn3cc(C4C=C(CN5CCC(c6ccc(NC7CCC(=O)NC7=O)cc6)CC5)C=CC4C)cc23)cc1C)C(C)(C)C. The van der Waals surface area contributed by atoms with E-state index in [-0.39, 0.29) is 41.6 Å². The molecule has 0 saturated carbocycles. The predicted molar refractivity (Wildman–Crippen MR) is 231 cm³/mol. The second-order valence-corrected chi connectivity index (χ2v) is 17.2. The molecule has 13 heteroatoms. The van der Waals surface area contributed by atoms with E-state index >= 15 is 0 Å². The van der Waals surface area contributed by atoms with Crippen LogP contribution in [0.2, 0.25) is 0 Å². The van der Waals surface area contributed by atoms with Crippen molar-refractivity contribution in [1.82, 2.24) is 30.1 Å². The topological polar surface area (TPSA) is 166 Å². The lowest BCUT2D eigenvalue weighted by molar-refractivity contribution is -0.133. The lowest BCUT2D eigenvalue weighted by Crippen LogP contribution is -2.47. The van der Waals surface area contributed by atoms with Gasteiger partial charge in [0.25, 0.3) is 11.7 Å². The number of amides is 3. The second kappa shape index (κ2) is 17.5. The van der Waals surface area contributed by atoms with E-state index in [1.54, 1.807) is 6.33 Å². The Morgan fingerprint density at radius 1 is 1.03 bits per heavy atom. The summed E-state index contributed by atoms with van der Waals surface area (Å²) >= 11 is 0. The van der Waals surface area contributed by atoms with E-state index in [1.165, 1.54) is 16.7 Å². The maximum absolute atomic E-state index is 12.8. The summed E-state index contributed by atoms with van der Waals surface area (Å²) in [6.45, 7) is 15.2. The van der Waals surface area contributed by atoms with Gasteiger partial charge in [-0.25, -0.2) is 14.5 Å². The van der Waals surface area contributed by atoms with Crippen LogP contribution in [0.1, 0.15) is 94.4 Å². The number of rotatable bonds is 9. The standard InChI is InChI=1S/C46H55N9O4/c1-28-7-8-31(25-54-19-17-33(18-20-54)32-11-13-37(14-12-32)51-39-15-16-41(56)52-44(39)57)22-38(28)36-23-40-42(48-27-49-55(40)26-36)34-9-10-35(29(2)21-34)24-47-45(58)43(53-59)50-30(3)46(4,5)6/h7-14,21-23,26-28,33,38-39,51,59H,15-20,24-25H2,1-6H3,(H,47,58)(H,52,56,57)/b50-30?,53-43-. The largest absolute Gasteiger partial charge is 0.409 e. The van der Waals surface area contributed by atoms with Gasteiger partial charge < -0.3 is 15.8 Å². The number of nitrogens with zero attached hydrogens (tertiary/aromatic N) is 6. The molecule has 3 unspecified atom stereocenters. The molecule has 2 saturated heterocycles.